The predicted molar refractivity (Wildman–Crippen MR) is 111 cm³/mol. The largest absolute Gasteiger partial charge is 0.491 e. The minimum absolute atomic E-state index is 0.000945. The second-order valence-corrected chi connectivity index (χ2v) is 7.08. The molecule has 0 saturated carbocycles. The molecule has 0 aliphatic rings. The van der Waals surface area contributed by atoms with Crippen molar-refractivity contribution in [2.45, 2.75) is 12.8 Å². The van der Waals surface area contributed by atoms with Crippen LogP contribution in [0.2, 0.25) is 10.0 Å². The summed E-state index contributed by atoms with van der Waals surface area (Å²) < 4.78 is 48.6. The number of pyridine rings is 1. The molecular formula is C21H13Cl2F3N2O4. The van der Waals surface area contributed by atoms with E-state index in [1.165, 1.54) is 60.9 Å². The summed E-state index contributed by atoms with van der Waals surface area (Å²) in [6.07, 6.45) is -2.44. The number of esters is 1. The van der Waals surface area contributed by atoms with Crippen LogP contribution < -0.4 is 14.8 Å². The van der Waals surface area contributed by atoms with Crippen LogP contribution in [0.25, 0.3) is 0 Å². The number of nitrogens with one attached hydrogen (secondary N) is 1. The van der Waals surface area contributed by atoms with Gasteiger partial charge in [0.05, 0.1) is 10.6 Å². The molecule has 0 unspecified atom stereocenters. The molecule has 0 fully saturated rings. The Morgan fingerprint density at radius 3 is 2.44 bits per heavy atom. The van der Waals surface area contributed by atoms with Crippen molar-refractivity contribution in [3.8, 4) is 11.5 Å². The Kier molecular flexibility index (Phi) is 7.22. The van der Waals surface area contributed by atoms with Gasteiger partial charge in [-0.3, -0.25) is 9.78 Å². The number of ether oxygens (including phenoxy) is 2. The van der Waals surface area contributed by atoms with E-state index in [9.17, 15) is 22.8 Å². The van der Waals surface area contributed by atoms with Gasteiger partial charge in [-0.15, -0.1) is 0 Å². The van der Waals surface area contributed by atoms with Gasteiger partial charge in [0.1, 0.15) is 12.4 Å². The first-order valence-electron chi connectivity index (χ1n) is 8.85. The van der Waals surface area contributed by atoms with Crippen molar-refractivity contribution in [3.63, 3.8) is 0 Å². The zero-order valence-electron chi connectivity index (χ0n) is 16.0. The van der Waals surface area contributed by atoms with Crippen LogP contribution in [0.5, 0.6) is 11.5 Å². The highest BCUT2D eigenvalue weighted by Gasteiger charge is 2.42. The van der Waals surface area contributed by atoms with Crippen molar-refractivity contribution >= 4 is 40.8 Å². The summed E-state index contributed by atoms with van der Waals surface area (Å²) >= 11 is 11.9. The molecule has 1 aromatic heterocycles. The quantitative estimate of drug-likeness (QED) is 0.359. The number of carbonyl (C=O) groups is 2. The molecule has 32 heavy (non-hydrogen) atoms. The number of hydrogen-bond donors (Lipinski definition) is 1. The molecule has 166 valence electrons. The number of para-hydroxylation sites is 1. The Bertz CT molecular complexity index is 1140. The van der Waals surface area contributed by atoms with E-state index in [4.69, 9.17) is 27.9 Å². The number of carbonyl (C=O) groups excluding carboxylic acids is 2. The monoisotopic (exact) mass is 484 g/mol. The summed E-state index contributed by atoms with van der Waals surface area (Å²) in [6.45, 7) is -0.364. The summed E-state index contributed by atoms with van der Waals surface area (Å²) in [7, 11) is 0. The van der Waals surface area contributed by atoms with Crippen LogP contribution in [-0.2, 0) is 11.4 Å². The molecule has 1 amide bonds. The van der Waals surface area contributed by atoms with Crippen LogP contribution in [0.4, 0.5) is 18.9 Å². The number of nitrogens with zero attached hydrogens (tertiary/aromatic N) is 1. The molecule has 3 aromatic rings. The van der Waals surface area contributed by atoms with Gasteiger partial charge in [-0.05, 0) is 30.3 Å². The minimum atomic E-state index is -5.27. The SMILES string of the molecule is O=C(Nc1ccncc1)c1cccc(COc2cc(Cl)ccc2Cl)c1OC(=O)C(F)(F)F. The van der Waals surface area contributed by atoms with E-state index in [-0.39, 0.29) is 28.5 Å². The lowest BCUT2D eigenvalue weighted by Gasteiger charge is -2.16. The van der Waals surface area contributed by atoms with E-state index < -0.39 is 23.8 Å². The van der Waals surface area contributed by atoms with Crippen LogP contribution in [0.15, 0.2) is 60.9 Å². The standard InChI is InChI=1S/C21H13Cl2F3N2O4/c22-13-4-5-16(23)17(10-13)31-11-12-2-1-3-15(18(12)32-20(30)21(24,25)26)19(29)28-14-6-8-27-9-7-14/h1-10H,11H2,(H,27,28,29). The van der Waals surface area contributed by atoms with Gasteiger partial charge in [0.2, 0.25) is 0 Å². The van der Waals surface area contributed by atoms with Crippen LogP contribution >= 0.6 is 23.2 Å². The number of rotatable bonds is 6. The highest BCUT2D eigenvalue weighted by molar-refractivity contribution is 6.34. The number of anilines is 1. The molecule has 0 aliphatic carbocycles. The maximum Gasteiger partial charge on any atom is 0.491 e. The van der Waals surface area contributed by atoms with Crippen LogP contribution in [0, 0.1) is 0 Å². The Balaban J connectivity index is 1.94. The lowest BCUT2D eigenvalue weighted by molar-refractivity contribution is -0.189. The van der Waals surface area contributed by atoms with Crippen LogP contribution in [0.3, 0.4) is 0 Å². The second-order valence-electron chi connectivity index (χ2n) is 6.23. The van der Waals surface area contributed by atoms with Gasteiger partial charge >= 0.3 is 12.1 Å². The van der Waals surface area contributed by atoms with Crippen molar-refractivity contribution < 1.29 is 32.2 Å². The fourth-order valence-corrected chi connectivity index (χ4v) is 2.86. The van der Waals surface area contributed by atoms with Crippen molar-refractivity contribution in [2.24, 2.45) is 0 Å². The van der Waals surface area contributed by atoms with Gasteiger partial charge in [0.25, 0.3) is 5.91 Å². The van der Waals surface area contributed by atoms with Crippen molar-refractivity contribution in [2.75, 3.05) is 5.32 Å². The Hall–Kier alpha value is -3.30. The van der Waals surface area contributed by atoms with Crippen LogP contribution in [-0.4, -0.2) is 23.0 Å². The lowest BCUT2D eigenvalue weighted by atomic mass is 10.1. The normalized spacial score (nSPS) is 11.0. The van der Waals surface area contributed by atoms with Gasteiger partial charge in [0, 0.05) is 34.7 Å². The minimum Gasteiger partial charge on any atom is -0.487 e. The number of benzene rings is 2. The van der Waals surface area contributed by atoms with Crippen molar-refractivity contribution in [1.82, 2.24) is 4.98 Å². The third kappa shape index (κ3) is 5.89. The molecular weight excluding hydrogens is 472 g/mol. The third-order valence-electron chi connectivity index (χ3n) is 3.98. The van der Waals surface area contributed by atoms with E-state index in [0.717, 1.165) is 0 Å². The summed E-state index contributed by atoms with van der Waals surface area (Å²) in [5, 5.41) is 3.02. The Morgan fingerprint density at radius 2 is 1.75 bits per heavy atom. The molecule has 2 aromatic carbocycles. The van der Waals surface area contributed by atoms with Gasteiger partial charge in [-0.1, -0.05) is 35.3 Å². The topological polar surface area (TPSA) is 77.5 Å². The zero-order chi connectivity index (χ0) is 23.3. The molecule has 0 aliphatic heterocycles. The average molecular weight is 485 g/mol. The second kappa shape index (κ2) is 9.88. The highest BCUT2D eigenvalue weighted by atomic mass is 35.5. The Morgan fingerprint density at radius 1 is 1.03 bits per heavy atom. The van der Waals surface area contributed by atoms with Crippen LogP contribution in [0.1, 0.15) is 15.9 Å². The van der Waals surface area contributed by atoms with E-state index in [1.807, 2.05) is 0 Å². The van der Waals surface area contributed by atoms with Gasteiger partial charge in [0.15, 0.2) is 5.75 Å². The fourth-order valence-electron chi connectivity index (χ4n) is 2.53. The smallest absolute Gasteiger partial charge is 0.487 e. The molecule has 1 N–H and O–H groups in total. The maximum absolute atomic E-state index is 12.8. The highest BCUT2D eigenvalue weighted by Crippen LogP contribution is 2.32. The average Bonchev–Trinajstić information content (AvgIpc) is 2.75. The zero-order valence-corrected chi connectivity index (χ0v) is 17.5. The molecule has 6 nitrogen and oxygen atoms in total. The molecule has 0 radical (unpaired) electrons. The van der Waals surface area contributed by atoms with E-state index >= 15 is 0 Å². The first-order valence-corrected chi connectivity index (χ1v) is 9.61. The first kappa shape index (κ1) is 23.4. The molecule has 1 heterocycles. The number of hydrogen-bond acceptors (Lipinski definition) is 5. The van der Waals surface area contributed by atoms with E-state index in [1.54, 1.807) is 0 Å². The van der Waals surface area contributed by atoms with Gasteiger partial charge in [-0.2, -0.15) is 13.2 Å². The van der Waals surface area contributed by atoms with Gasteiger partial charge < -0.3 is 14.8 Å². The first-order chi connectivity index (χ1) is 15.1. The summed E-state index contributed by atoms with van der Waals surface area (Å²) in [4.78, 5) is 28.0. The number of halogens is 5. The van der Waals surface area contributed by atoms with Crippen molar-refractivity contribution in [1.29, 1.82) is 0 Å². The predicted octanol–water partition coefficient (Wildman–Crippen LogP) is 5.69. The van der Waals surface area contributed by atoms with Gasteiger partial charge in [-0.25, -0.2) is 4.79 Å². The third-order valence-corrected chi connectivity index (χ3v) is 4.53. The molecule has 0 saturated heterocycles. The van der Waals surface area contributed by atoms with Crippen molar-refractivity contribution in [3.05, 3.63) is 82.1 Å². The summed E-state index contributed by atoms with van der Waals surface area (Å²) in [5.74, 6) is -3.73. The number of aromatic nitrogens is 1. The van der Waals surface area contributed by atoms with E-state index in [0.29, 0.717) is 10.7 Å². The number of amides is 1. The molecule has 3 rings (SSSR count). The molecule has 0 spiro atoms. The van der Waals surface area contributed by atoms with E-state index in [2.05, 4.69) is 15.0 Å². The maximum atomic E-state index is 12.8. The summed E-state index contributed by atoms with van der Waals surface area (Å²) in [6, 6.07) is 11.3. The molecule has 0 bridgehead atoms. The summed E-state index contributed by atoms with van der Waals surface area (Å²) in [5.41, 5.74) is 0.0317. The molecule has 11 heteroatoms. The fraction of sp³-hybridized carbons (Fsp3) is 0.0952. The Labute approximate surface area is 189 Å². The molecule has 0 atom stereocenters. The number of alkyl halides is 3. The lowest BCUT2D eigenvalue weighted by Crippen LogP contribution is -2.29.